The van der Waals surface area contributed by atoms with E-state index in [1.165, 1.54) is 6.07 Å². The molecule has 1 aromatic heterocycles. The van der Waals surface area contributed by atoms with Gasteiger partial charge in [0.05, 0.1) is 12.0 Å². The van der Waals surface area contributed by atoms with Crippen LogP contribution in [0.1, 0.15) is 12.8 Å². The zero-order chi connectivity index (χ0) is 11.8. The van der Waals surface area contributed by atoms with Crippen LogP contribution in [0, 0.1) is 11.7 Å². The number of hydrogen-bond acceptors (Lipinski definition) is 3. The zero-order valence-electron chi connectivity index (χ0n) is 9.40. The van der Waals surface area contributed by atoms with Crippen LogP contribution < -0.4 is 10.2 Å². The van der Waals surface area contributed by atoms with Crippen LogP contribution in [0.15, 0.2) is 18.3 Å². The molecule has 1 amide bonds. The largest absolute Gasteiger partial charge is 0.354 e. The molecule has 2 fully saturated rings. The molecule has 0 bridgehead atoms. The van der Waals surface area contributed by atoms with Crippen molar-refractivity contribution in [1.29, 1.82) is 0 Å². The molecule has 3 rings (SSSR count). The smallest absolute Gasteiger partial charge is 0.225 e. The Kier molecular flexibility index (Phi) is 2.46. The van der Waals surface area contributed by atoms with Crippen LogP contribution in [-0.2, 0) is 4.79 Å². The van der Waals surface area contributed by atoms with Crippen molar-refractivity contribution in [1.82, 2.24) is 10.3 Å². The van der Waals surface area contributed by atoms with Crippen LogP contribution in [0.3, 0.4) is 0 Å². The highest BCUT2D eigenvalue weighted by Crippen LogP contribution is 2.31. The number of halogens is 1. The van der Waals surface area contributed by atoms with Crippen molar-refractivity contribution in [2.24, 2.45) is 5.92 Å². The number of hydrogen-bond donors (Lipinski definition) is 1. The first-order chi connectivity index (χ1) is 8.27. The minimum Gasteiger partial charge on any atom is -0.354 e. The van der Waals surface area contributed by atoms with E-state index in [9.17, 15) is 9.18 Å². The van der Waals surface area contributed by atoms with Crippen molar-refractivity contribution in [2.75, 3.05) is 18.0 Å². The maximum atomic E-state index is 13.7. The number of aromatic nitrogens is 1. The summed E-state index contributed by atoms with van der Waals surface area (Å²) >= 11 is 0. The van der Waals surface area contributed by atoms with Crippen LogP contribution >= 0.6 is 0 Å². The van der Waals surface area contributed by atoms with Crippen LogP contribution in [0.2, 0.25) is 0 Å². The van der Waals surface area contributed by atoms with E-state index in [0.717, 1.165) is 19.4 Å². The molecule has 4 nitrogen and oxygen atoms in total. The molecule has 0 radical (unpaired) electrons. The molecule has 0 spiro atoms. The second-order valence-corrected chi connectivity index (χ2v) is 4.56. The minimum atomic E-state index is -0.313. The SMILES string of the molecule is O=C1NC[C@@H]2[C@H]1CCCN2c1ncccc1F. The van der Waals surface area contributed by atoms with Gasteiger partial charge in [-0.15, -0.1) is 0 Å². The fourth-order valence-electron chi connectivity index (χ4n) is 2.80. The number of amides is 1. The fourth-order valence-corrected chi connectivity index (χ4v) is 2.80. The number of anilines is 1. The number of fused-ring (bicyclic) bond motifs is 1. The minimum absolute atomic E-state index is 0.00911. The Labute approximate surface area is 98.8 Å². The molecular formula is C12H14FN3O. The second-order valence-electron chi connectivity index (χ2n) is 4.56. The normalized spacial score (nSPS) is 27.8. The number of nitrogens with one attached hydrogen (secondary N) is 1. The van der Waals surface area contributed by atoms with Gasteiger partial charge in [-0.2, -0.15) is 0 Å². The lowest BCUT2D eigenvalue weighted by atomic mass is 9.91. The second kappa shape index (κ2) is 3.98. The molecule has 2 saturated heterocycles. The quantitative estimate of drug-likeness (QED) is 0.787. The molecule has 0 unspecified atom stereocenters. The average molecular weight is 235 g/mol. The van der Waals surface area contributed by atoms with E-state index >= 15 is 0 Å². The first-order valence-electron chi connectivity index (χ1n) is 5.92. The van der Waals surface area contributed by atoms with Gasteiger partial charge in [0.2, 0.25) is 5.91 Å². The highest BCUT2D eigenvalue weighted by molar-refractivity contribution is 5.83. The third-order valence-corrected chi connectivity index (χ3v) is 3.61. The predicted molar refractivity (Wildman–Crippen MR) is 61.1 cm³/mol. The van der Waals surface area contributed by atoms with Gasteiger partial charge in [-0.1, -0.05) is 0 Å². The monoisotopic (exact) mass is 235 g/mol. The van der Waals surface area contributed by atoms with Crippen molar-refractivity contribution in [3.05, 3.63) is 24.1 Å². The number of pyridine rings is 1. The third kappa shape index (κ3) is 1.66. The maximum absolute atomic E-state index is 13.7. The molecule has 2 atom stereocenters. The standard InChI is InChI=1S/C12H14FN3O/c13-9-4-1-5-14-11(9)16-6-2-3-8-10(16)7-15-12(8)17/h1,4-5,8,10H,2-3,6-7H2,(H,15,17)/t8-,10-/m1/s1. The van der Waals surface area contributed by atoms with Gasteiger partial charge in [-0.25, -0.2) is 9.37 Å². The fraction of sp³-hybridized carbons (Fsp3) is 0.500. The first kappa shape index (κ1) is 10.5. The van der Waals surface area contributed by atoms with Gasteiger partial charge in [0.25, 0.3) is 0 Å². The molecule has 1 aromatic rings. The topological polar surface area (TPSA) is 45.2 Å². The molecule has 17 heavy (non-hydrogen) atoms. The van der Waals surface area contributed by atoms with Crippen molar-refractivity contribution in [3.63, 3.8) is 0 Å². The van der Waals surface area contributed by atoms with Gasteiger partial charge >= 0.3 is 0 Å². The number of rotatable bonds is 1. The van der Waals surface area contributed by atoms with Crippen LogP contribution in [0.5, 0.6) is 0 Å². The first-order valence-corrected chi connectivity index (χ1v) is 5.92. The molecule has 2 aliphatic heterocycles. The third-order valence-electron chi connectivity index (χ3n) is 3.61. The molecule has 2 aliphatic rings. The maximum Gasteiger partial charge on any atom is 0.225 e. The van der Waals surface area contributed by atoms with E-state index in [2.05, 4.69) is 10.3 Å². The van der Waals surface area contributed by atoms with Crippen molar-refractivity contribution in [2.45, 2.75) is 18.9 Å². The van der Waals surface area contributed by atoms with Gasteiger partial charge in [0, 0.05) is 19.3 Å². The van der Waals surface area contributed by atoms with Gasteiger partial charge in [0.15, 0.2) is 11.6 Å². The van der Waals surface area contributed by atoms with E-state index in [1.807, 2.05) is 4.90 Å². The Morgan fingerprint density at radius 3 is 3.24 bits per heavy atom. The highest BCUT2D eigenvalue weighted by atomic mass is 19.1. The Balaban J connectivity index is 1.93. The highest BCUT2D eigenvalue weighted by Gasteiger charge is 2.41. The van der Waals surface area contributed by atoms with E-state index in [0.29, 0.717) is 12.4 Å². The van der Waals surface area contributed by atoms with Gasteiger partial charge in [0.1, 0.15) is 0 Å². The summed E-state index contributed by atoms with van der Waals surface area (Å²) in [5, 5.41) is 2.85. The van der Waals surface area contributed by atoms with Crippen molar-refractivity contribution >= 4 is 11.7 Å². The lowest BCUT2D eigenvalue weighted by molar-refractivity contribution is -0.123. The Morgan fingerprint density at radius 2 is 2.41 bits per heavy atom. The zero-order valence-corrected chi connectivity index (χ0v) is 9.40. The molecule has 3 heterocycles. The van der Waals surface area contributed by atoms with Gasteiger partial charge in [-0.3, -0.25) is 4.79 Å². The lowest BCUT2D eigenvalue weighted by Crippen LogP contribution is -2.46. The summed E-state index contributed by atoms with van der Waals surface area (Å²) in [5.74, 6) is 0.146. The molecule has 0 saturated carbocycles. The Morgan fingerprint density at radius 1 is 1.53 bits per heavy atom. The van der Waals surface area contributed by atoms with E-state index in [4.69, 9.17) is 0 Å². The van der Waals surface area contributed by atoms with Crippen LogP contribution in [0.4, 0.5) is 10.2 Å². The summed E-state index contributed by atoms with van der Waals surface area (Å²) in [7, 11) is 0. The number of nitrogens with zero attached hydrogens (tertiary/aromatic N) is 2. The van der Waals surface area contributed by atoms with Crippen LogP contribution in [-0.4, -0.2) is 30.0 Å². The summed E-state index contributed by atoms with van der Waals surface area (Å²) in [5.41, 5.74) is 0. The molecule has 90 valence electrons. The average Bonchev–Trinajstić information content (AvgIpc) is 2.72. The predicted octanol–water partition coefficient (Wildman–Crippen LogP) is 0.935. The van der Waals surface area contributed by atoms with Gasteiger partial charge < -0.3 is 10.2 Å². The van der Waals surface area contributed by atoms with Crippen molar-refractivity contribution in [3.8, 4) is 0 Å². The summed E-state index contributed by atoms with van der Waals surface area (Å²) < 4.78 is 13.7. The van der Waals surface area contributed by atoms with E-state index in [1.54, 1.807) is 12.3 Å². The van der Waals surface area contributed by atoms with E-state index in [-0.39, 0.29) is 23.7 Å². The summed E-state index contributed by atoms with van der Waals surface area (Å²) in [6.07, 6.45) is 3.39. The van der Waals surface area contributed by atoms with Crippen molar-refractivity contribution < 1.29 is 9.18 Å². The number of carbonyl (C=O) groups is 1. The Bertz CT molecular complexity index is 451. The lowest BCUT2D eigenvalue weighted by Gasteiger charge is -2.36. The summed E-state index contributed by atoms with van der Waals surface area (Å²) in [6, 6.07) is 3.05. The summed E-state index contributed by atoms with van der Waals surface area (Å²) in [6.45, 7) is 1.36. The van der Waals surface area contributed by atoms with Gasteiger partial charge in [-0.05, 0) is 25.0 Å². The van der Waals surface area contributed by atoms with Crippen LogP contribution in [0.25, 0.3) is 0 Å². The molecule has 0 aliphatic carbocycles. The Hall–Kier alpha value is -1.65. The molecule has 1 N–H and O–H groups in total. The molecule has 5 heteroatoms. The molecular weight excluding hydrogens is 221 g/mol. The molecule has 0 aromatic carbocycles. The van der Waals surface area contributed by atoms with E-state index < -0.39 is 0 Å². The number of piperidine rings is 1. The summed E-state index contributed by atoms with van der Waals surface area (Å²) in [4.78, 5) is 17.6. The number of carbonyl (C=O) groups excluding carboxylic acids is 1.